The van der Waals surface area contributed by atoms with Gasteiger partial charge in [-0.2, -0.15) is 0 Å². The molecule has 3 unspecified atom stereocenters. The summed E-state index contributed by atoms with van der Waals surface area (Å²) in [4.78, 5) is 0. The van der Waals surface area contributed by atoms with E-state index in [9.17, 15) is 5.11 Å². The third kappa shape index (κ3) is 1.55. The van der Waals surface area contributed by atoms with Crippen LogP contribution in [0, 0.1) is 16.7 Å². The van der Waals surface area contributed by atoms with E-state index in [2.05, 4.69) is 33.8 Å². The fourth-order valence-electron chi connectivity index (χ4n) is 4.15. The van der Waals surface area contributed by atoms with Crippen molar-refractivity contribution in [1.29, 1.82) is 0 Å². The van der Waals surface area contributed by atoms with Crippen molar-refractivity contribution in [2.75, 3.05) is 0 Å². The Kier molecular flexibility index (Phi) is 2.94. The molecule has 0 saturated heterocycles. The number of rotatable bonds is 3. The molecule has 0 aliphatic heterocycles. The number of aliphatic hydroxyl groups is 1. The molecule has 0 spiro atoms. The Morgan fingerprint density at radius 3 is 2.50 bits per heavy atom. The number of fused-ring (bicyclic) bond motifs is 2. The zero-order valence-electron chi connectivity index (χ0n) is 11.2. The van der Waals surface area contributed by atoms with Crippen LogP contribution >= 0.6 is 0 Å². The minimum Gasteiger partial charge on any atom is -0.393 e. The molecule has 2 fully saturated rings. The monoisotopic (exact) mass is 222 g/mol. The Balaban J connectivity index is 2.10. The maximum atomic E-state index is 10.2. The van der Waals surface area contributed by atoms with Crippen LogP contribution in [-0.4, -0.2) is 11.2 Å². The van der Waals surface area contributed by atoms with E-state index in [1.807, 2.05) is 0 Å². The van der Waals surface area contributed by atoms with E-state index in [1.165, 1.54) is 31.3 Å². The van der Waals surface area contributed by atoms with Gasteiger partial charge in [-0.25, -0.2) is 0 Å². The molecule has 1 heteroatoms. The molecule has 4 atom stereocenters. The summed E-state index contributed by atoms with van der Waals surface area (Å²) in [5.74, 6) is 0.762. The SMILES string of the molecule is CC(C)=CCCC1(C)C2CCC1(C)[C@H](O)C2. The zero-order valence-corrected chi connectivity index (χ0v) is 11.2. The largest absolute Gasteiger partial charge is 0.393 e. The average molecular weight is 222 g/mol. The van der Waals surface area contributed by atoms with Gasteiger partial charge < -0.3 is 5.11 Å². The molecule has 0 heterocycles. The summed E-state index contributed by atoms with van der Waals surface area (Å²) >= 11 is 0. The van der Waals surface area contributed by atoms with Gasteiger partial charge in [0, 0.05) is 0 Å². The van der Waals surface area contributed by atoms with Gasteiger partial charge in [-0.05, 0) is 62.7 Å². The van der Waals surface area contributed by atoms with Gasteiger partial charge in [0.05, 0.1) is 6.10 Å². The summed E-state index contributed by atoms with van der Waals surface area (Å²) in [6.45, 7) is 9.07. The number of hydrogen-bond acceptors (Lipinski definition) is 1. The fourth-order valence-corrected chi connectivity index (χ4v) is 4.15. The highest BCUT2D eigenvalue weighted by Gasteiger charge is 2.62. The first kappa shape index (κ1) is 12.2. The molecule has 1 N–H and O–H groups in total. The van der Waals surface area contributed by atoms with E-state index in [-0.39, 0.29) is 11.5 Å². The summed E-state index contributed by atoms with van der Waals surface area (Å²) in [6, 6.07) is 0. The normalized spacial score (nSPS) is 46.1. The highest BCUT2D eigenvalue weighted by atomic mass is 16.3. The van der Waals surface area contributed by atoms with E-state index >= 15 is 0 Å². The topological polar surface area (TPSA) is 20.2 Å². The second-order valence-corrected chi connectivity index (χ2v) is 6.64. The lowest BCUT2D eigenvalue weighted by Gasteiger charge is -2.40. The molecule has 2 bridgehead atoms. The number of aliphatic hydroxyl groups excluding tert-OH is 1. The molecule has 2 aliphatic carbocycles. The molecule has 2 rings (SSSR count). The van der Waals surface area contributed by atoms with Crippen LogP contribution in [0.15, 0.2) is 11.6 Å². The van der Waals surface area contributed by atoms with Crippen LogP contribution in [0.2, 0.25) is 0 Å². The van der Waals surface area contributed by atoms with Crippen LogP contribution in [0.5, 0.6) is 0 Å². The molecule has 2 saturated carbocycles. The lowest BCUT2D eigenvalue weighted by Crippen LogP contribution is -2.37. The van der Waals surface area contributed by atoms with Crippen molar-refractivity contribution in [2.45, 2.75) is 65.9 Å². The van der Waals surface area contributed by atoms with Crippen molar-refractivity contribution in [3.63, 3.8) is 0 Å². The predicted octanol–water partition coefficient (Wildman–Crippen LogP) is 3.92. The second-order valence-electron chi connectivity index (χ2n) is 6.64. The van der Waals surface area contributed by atoms with Crippen LogP contribution in [-0.2, 0) is 0 Å². The molecular formula is C15H26O. The highest BCUT2D eigenvalue weighted by Crippen LogP contribution is 2.67. The minimum atomic E-state index is -0.0528. The van der Waals surface area contributed by atoms with Crippen LogP contribution in [0.1, 0.15) is 59.8 Å². The smallest absolute Gasteiger partial charge is 0.0601 e. The molecule has 2 aliphatic rings. The standard InChI is InChI=1S/C15H26O/c1-11(2)6-5-8-14(3)12-7-9-15(14,4)13(16)10-12/h6,12-13,16H,5,7-10H2,1-4H3/t12?,13-,14?,15?/m1/s1. The maximum Gasteiger partial charge on any atom is 0.0601 e. The summed E-state index contributed by atoms with van der Waals surface area (Å²) in [5, 5.41) is 10.2. The molecule has 0 aromatic carbocycles. The first-order valence-electron chi connectivity index (χ1n) is 6.71. The van der Waals surface area contributed by atoms with Crippen molar-refractivity contribution in [1.82, 2.24) is 0 Å². The first-order chi connectivity index (χ1) is 7.40. The van der Waals surface area contributed by atoms with Crippen molar-refractivity contribution in [3.05, 3.63) is 11.6 Å². The Bertz CT molecular complexity index is 303. The maximum absolute atomic E-state index is 10.2. The predicted molar refractivity (Wildman–Crippen MR) is 68.2 cm³/mol. The van der Waals surface area contributed by atoms with E-state index in [0.29, 0.717) is 5.41 Å². The van der Waals surface area contributed by atoms with Gasteiger partial charge >= 0.3 is 0 Å². The van der Waals surface area contributed by atoms with Crippen molar-refractivity contribution < 1.29 is 5.11 Å². The highest BCUT2D eigenvalue weighted by molar-refractivity contribution is 5.13. The molecule has 0 radical (unpaired) electrons. The quantitative estimate of drug-likeness (QED) is 0.718. The van der Waals surface area contributed by atoms with E-state index in [1.54, 1.807) is 0 Å². The van der Waals surface area contributed by atoms with Crippen LogP contribution in [0.3, 0.4) is 0 Å². The van der Waals surface area contributed by atoms with Gasteiger partial charge in [0.2, 0.25) is 0 Å². The van der Waals surface area contributed by atoms with E-state index in [0.717, 1.165) is 12.3 Å². The summed E-state index contributed by atoms with van der Waals surface area (Å²) in [7, 11) is 0. The van der Waals surface area contributed by atoms with Gasteiger partial charge in [-0.3, -0.25) is 0 Å². The lowest BCUT2D eigenvalue weighted by atomic mass is 9.66. The third-order valence-corrected chi connectivity index (χ3v) is 5.68. The third-order valence-electron chi connectivity index (χ3n) is 5.68. The van der Waals surface area contributed by atoms with Crippen molar-refractivity contribution in [2.24, 2.45) is 16.7 Å². The Labute approximate surface area is 99.9 Å². The minimum absolute atomic E-state index is 0.0528. The molecule has 0 aromatic rings. The lowest BCUT2D eigenvalue weighted by molar-refractivity contribution is 0.00200. The van der Waals surface area contributed by atoms with Gasteiger partial charge in [-0.1, -0.05) is 25.5 Å². The van der Waals surface area contributed by atoms with Crippen molar-refractivity contribution in [3.8, 4) is 0 Å². The Morgan fingerprint density at radius 1 is 1.38 bits per heavy atom. The van der Waals surface area contributed by atoms with Gasteiger partial charge in [0.1, 0.15) is 0 Å². The van der Waals surface area contributed by atoms with Crippen LogP contribution in [0.25, 0.3) is 0 Å². The Hall–Kier alpha value is -0.300. The summed E-state index contributed by atoms with van der Waals surface area (Å²) < 4.78 is 0. The molecule has 92 valence electrons. The van der Waals surface area contributed by atoms with Crippen LogP contribution in [0.4, 0.5) is 0 Å². The molecule has 16 heavy (non-hydrogen) atoms. The van der Waals surface area contributed by atoms with Crippen molar-refractivity contribution >= 4 is 0 Å². The average Bonchev–Trinajstić information content (AvgIpc) is 2.52. The second kappa shape index (κ2) is 3.87. The van der Waals surface area contributed by atoms with Gasteiger partial charge in [0.25, 0.3) is 0 Å². The first-order valence-corrected chi connectivity index (χ1v) is 6.71. The fraction of sp³-hybridized carbons (Fsp3) is 0.867. The van der Waals surface area contributed by atoms with Gasteiger partial charge in [0.15, 0.2) is 0 Å². The van der Waals surface area contributed by atoms with Crippen LogP contribution < -0.4 is 0 Å². The molecule has 1 nitrogen and oxygen atoms in total. The summed E-state index contributed by atoms with van der Waals surface area (Å²) in [5.41, 5.74) is 1.98. The Morgan fingerprint density at radius 2 is 2.06 bits per heavy atom. The number of allylic oxidation sites excluding steroid dienone is 2. The number of hydrogen-bond donors (Lipinski definition) is 1. The van der Waals surface area contributed by atoms with E-state index in [4.69, 9.17) is 0 Å². The molecular weight excluding hydrogens is 196 g/mol. The van der Waals surface area contributed by atoms with Gasteiger partial charge in [-0.15, -0.1) is 0 Å². The molecule has 0 aromatic heterocycles. The summed E-state index contributed by atoms with van der Waals surface area (Å²) in [6.07, 6.45) is 8.32. The van der Waals surface area contributed by atoms with E-state index < -0.39 is 0 Å². The zero-order chi connectivity index (χ0) is 12.0. The molecule has 0 amide bonds.